The van der Waals surface area contributed by atoms with E-state index in [1.54, 1.807) is 29.9 Å². The Kier molecular flexibility index (Phi) is 4.98. The number of hydrogen-bond acceptors (Lipinski definition) is 4. The number of carbonyl (C=O) groups excluding carboxylic acids is 2. The summed E-state index contributed by atoms with van der Waals surface area (Å²) in [6.07, 6.45) is 1.82. The maximum absolute atomic E-state index is 12.2. The smallest absolute Gasteiger partial charge is 0.286 e. The van der Waals surface area contributed by atoms with Crippen LogP contribution in [0.1, 0.15) is 45.8 Å². The van der Waals surface area contributed by atoms with Crippen LogP contribution in [-0.2, 0) is 20.0 Å². The highest BCUT2D eigenvalue weighted by Crippen LogP contribution is 2.09. The van der Waals surface area contributed by atoms with Crippen molar-refractivity contribution in [3.63, 3.8) is 0 Å². The van der Waals surface area contributed by atoms with Crippen LogP contribution in [0, 0.1) is 0 Å². The lowest BCUT2D eigenvalue weighted by Crippen LogP contribution is -2.25. The van der Waals surface area contributed by atoms with Crippen LogP contribution in [0.3, 0.4) is 0 Å². The molecule has 0 unspecified atom stereocenters. The van der Waals surface area contributed by atoms with Crippen molar-refractivity contribution in [2.45, 2.75) is 26.3 Å². The first-order chi connectivity index (χ1) is 10.5. The molecule has 0 aromatic carbocycles. The Morgan fingerprint density at radius 3 is 2.77 bits per heavy atom. The normalized spacial score (nSPS) is 10.5. The molecule has 22 heavy (non-hydrogen) atoms. The van der Waals surface area contributed by atoms with Crippen molar-refractivity contribution in [2.24, 2.45) is 7.05 Å². The molecule has 2 N–H and O–H groups in total. The Morgan fingerprint density at radius 1 is 1.32 bits per heavy atom. The van der Waals surface area contributed by atoms with Gasteiger partial charge in [-0.15, -0.1) is 0 Å². The van der Waals surface area contributed by atoms with Crippen LogP contribution in [0.25, 0.3) is 0 Å². The van der Waals surface area contributed by atoms with E-state index in [4.69, 9.17) is 4.42 Å². The number of rotatable bonds is 6. The zero-order chi connectivity index (χ0) is 16.1. The van der Waals surface area contributed by atoms with E-state index >= 15 is 0 Å². The third kappa shape index (κ3) is 3.55. The van der Waals surface area contributed by atoms with Crippen LogP contribution in [-0.4, -0.2) is 28.6 Å². The molecule has 0 saturated carbocycles. The Balaban J connectivity index is 1.98. The molecule has 0 spiro atoms. The molecule has 2 amide bonds. The molecule has 0 atom stereocenters. The standard InChI is InChI=1S/C15H20N4O3/c1-4-5-10-8-12(19(3)18-10)14(20)17-9-11-6-7-13(22-11)15(21)16-2/h6-8H,4-5,9H2,1-3H3,(H,16,21)(H,17,20). The van der Waals surface area contributed by atoms with Gasteiger partial charge in [0.2, 0.25) is 0 Å². The zero-order valence-electron chi connectivity index (χ0n) is 13.0. The van der Waals surface area contributed by atoms with Gasteiger partial charge < -0.3 is 15.1 Å². The molecule has 7 heteroatoms. The van der Waals surface area contributed by atoms with E-state index in [0.29, 0.717) is 11.5 Å². The summed E-state index contributed by atoms with van der Waals surface area (Å²) in [6, 6.07) is 5.03. The van der Waals surface area contributed by atoms with E-state index in [-0.39, 0.29) is 24.1 Å². The van der Waals surface area contributed by atoms with Crippen LogP contribution in [0.15, 0.2) is 22.6 Å². The highest BCUT2D eigenvalue weighted by molar-refractivity contribution is 5.92. The summed E-state index contributed by atoms with van der Waals surface area (Å²) in [4.78, 5) is 23.6. The van der Waals surface area contributed by atoms with E-state index in [2.05, 4.69) is 22.7 Å². The van der Waals surface area contributed by atoms with Gasteiger partial charge in [0.1, 0.15) is 11.5 Å². The molecule has 7 nitrogen and oxygen atoms in total. The van der Waals surface area contributed by atoms with Crippen LogP contribution in [0.4, 0.5) is 0 Å². The Hall–Kier alpha value is -2.57. The number of aromatic nitrogens is 2. The Morgan fingerprint density at radius 2 is 2.09 bits per heavy atom. The van der Waals surface area contributed by atoms with Gasteiger partial charge in [0.15, 0.2) is 5.76 Å². The van der Waals surface area contributed by atoms with Crippen LogP contribution >= 0.6 is 0 Å². The molecule has 2 aromatic heterocycles. The fraction of sp³-hybridized carbons (Fsp3) is 0.400. The van der Waals surface area contributed by atoms with Gasteiger partial charge >= 0.3 is 0 Å². The van der Waals surface area contributed by atoms with Crippen molar-refractivity contribution >= 4 is 11.8 Å². The van der Waals surface area contributed by atoms with Gasteiger partial charge in [-0.1, -0.05) is 13.3 Å². The third-order valence-electron chi connectivity index (χ3n) is 3.20. The van der Waals surface area contributed by atoms with Crippen LogP contribution in [0.2, 0.25) is 0 Å². The van der Waals surface area contributed by atoms with Gasteiger partial charge in [-0.3, -0.25) is 14.3 Å². The minimum absolute atomic E-state index is 0.212. The molecule has 2 rings (SSSR count). The van der Waals surface area contributed by atoms with Crippen molar-refractivity contribution in [3.05, 3.63) is 41.1 Å². The van der Waals surface area contributed by atoms with E-state index in [0.717, 1.165) is 18.5 Å². The largest absolute Gasteiger partial charge is 0.454 e. The van der Waals surface area contributed by atoms with E-state index in [1.807, 2.05) is 0 Å². The van der Waals surface area contributed by atoms with Gasteiger partial charge in [-0.05, 0) is 24.6 Å². The lowest BCUT2D eigenvalue weighted by molar-refractivity contribution is 0.0932. The summed E-state index contributed by atoms with van der Waals surface area (Å²) >= 11 is 0. The molecule has 0 aliphatic heterocycles. The van der Waals surface area contributed by atoms with Crippen LogP contribution < -0.4 is 10.6 Å². The average molecular weight is 304 g/mol. The topological polar surface area (TPSA) is 89.2 Å². The molecule has 2 aromatic rings. The molecule has 0 radical (unpaired) electrons. The van der Waals surface area contributed by atoms with Gasteiger partial charge in [-0.25, -0.2) is 0 Å². The summed E-state index contributed by atoms with van der Waals surface area (Å²) in [5.41, 5.74) is 1.40. The highest BCUT2D eigenvalue weighted by Gasteiger charge is 2.14. The lowest BCUT2D eigenvalue weighted by atomic mass is 10.2. The van der Waals surface area contributed by atoms with Crippen molar-refractivity contribution < 1.29 is 14.0 Å². The van der Waals surface area contributed by atoms with Crippen molar-refractivity contribution in [3.8, 4) is 0 Å². The summed E-state index contributed by atoms with van der Waals surface area (Å²) in [5.74, 6) is 0.212. The van der Waals surface area contributed by atoms with Crippen molar-refractivity contribution in [1.29, 1.82) is 0 Å². The molecule has 0 fully saturated rings. The molecule has 0 bridgehead atoms. The highest BCUT2D eigenvalue weighted by atomic mass is 16.4. The monoisotopic (exact) mass is 304 g/mol. The van der Waals surface area contributed by atoms with E-state index in [9.17, 15) is 9.59 Å². The van der Waals surface area contributed by atoms with Crippen molar-refractivity contribution in [1.82, 2.24) is 20.4 Å². The maximum Gasteiger partial charge on any atom is 0.286 e. The van der Waals surface area contributed by atoms with Gasteiger partial charge in [0.05, 0.1) is 12.2 Å². The van der Waals surface area contributed by atoms with Crippen LogP contribution in [0.5, 0.6) is 0 Å². The minimum Gasteiger partial charge on any atom is -0.454 e. The molecule has 2 heterocycles. The Labute approximate surface area is 128 Å². The molecular weight excluding hydrogens is 284 g/mol. The van der Waals surface area contributed by atoms with Gasteiger partial charge in [0, 0.05) is 14.1 Å². The number of hydrogen-bond donors (Lipinski definition) is 2. The second kappa shape index (κ2) is 6.93. The number of aryl methyl sites for hydroxylation is 2. The number of furan rings is 1. The minimum atomic E-state index is -0.298. The fourth-order valence-corrected chi connectivity index (χ4v) is 2.09. The first-order valence-corrected chi connectivity index (χ1v) is 7.17. The quantitative estimate of drug-likeness (QED) is 0.840. The summed E-state index contributed by atoms with van der Waals surface area (Å²) in [5, 5.41) is 9.53. The second-order valence-electron chi connectivity index (χ2n) is 4.92. The molecule has 0 saturated heterocycles. The molecule has 118 valence electrons. The van der Waals surface area contributed by atoms with E-state index < -0.39 is 0 Å². The zero-order valence-corrected chi connectivity index (χ0v) is 13.0. The molecular formula is C15H20N4O3. The molecule has 0 aliphatic carbocycles. The van der Waals surface area contributed by atoms with Crippen molar-refractivity contribution in [2.75, 3.05) is 7.05 Å². The number of nitrogens with one attached hydrogen (secondary N) is 2. The first-order valence-electron chi connectivity index (χ1n) is 7.17. The van der Waals surface area contributed by atoms with E-state index in [1.165, 1.54) is 7.05 Å². The Bertz CT molecular complexity index is 672. The van der Waals surface area contributed by atoms with Gasteiger partial charge in [-0.2, -0.15) is 5.10 Å². The number of nitrogens with zero attached hydrogens (tertiary/aromatic N) is 2. The lowest BCUT2D eigenvalue weighted by Gasteiger charge is -2.03. The second-order valence-corrected chi connectivity index (χ2v) is 4.92. The SMILES string of the molecule is CCCc1cc(C(=O)NCc2ccc(C(=O)NC)o2)n(C)n1. The average Bonchev–Trinajstić information content (AvgIpc) is 3.11. The summed E-state index contributed by atoms with van der Waals surface area (Å²) in [7, 11) is 3.27. The number of carbonyl (C=O) groups is 2. The fourth-order valence-electron chi connectivity index (χ4n) is 2.09. The maximum atomic E-state index is 12.2. The van der Waals surface area contributed by atoms with Gasteiger partial charge in [0.25, 0.3) is 11.8 Å². The summed E-state index contributed by atoms with van der Waals surface area (Å²) < 4.78 is 6.92. The number of amides is 2. The molecule has 0 aliphatic rings. The third-order valence-corrected chi connectivity index (χ3v) is 3.20. The predicted octanol–water partition coefficient (Wildman–Crippen LogP) is 1.26. The first kappa shape index (κ1) is 15.8. The summed E-state index contributed by atoms with van der Waals surface area (Å²) in [6.45, 7) is 2.28. The predicted molar refractivity (Wildman–Crippen MR) is 80.5 cm³/mol.